The molecule has 0 aliphatic rings. The topological polar surface area (TPSA) is 35.9 Å². The predicted molar refractivity (Wildman–Crippen MR) is 193 cm³/mol. The molecule has 5 heteroatoms. The molecule has 46 heavy (non-hydrogen) atoms. The normalized spacial score (nSPS) is 12.3. The summed E-state index contributed by atoms with van der Waals surface area (Å²) < 4.78 is 13.7. The lowest BCUT2D eigenvalue weighted by molar-refractivity contribution is 0.574. The standard InChI is InChI=1S/C41H23N3OS/c1-2-10-26-24(9-1)17-19-34-38(26)30-23-25(43-31-14-6-3-11-27(31)28-12-4-7-15-32(28)43)18-20-33(30)44(34)41-42-40-35(45-41)21-22-37-39(40)29-13-5-8-16-36(29)46-37/h1-23H. The molecule has 4 aromatic heterocycles. The molecule has 0 aliphatic heterocycles. The Labute approximate surface area is 265 Å². The van der Waals surface area contributed by atoms with Crippen molar-refractivity contribution in [3.05, 3.63) is 140 Å². The average Bonchev–Trinajstić information content (AvgIpc) is 3.86. The summed E-state index contributed by atoms with van der Waals surface area (Å²) in [7, 11) is 0. The highest BCUT2D eigenvalue weighted by atomic mass is 32.1. The molecule has 0 bridgehead atoms. The fourth-order valence-electron chi connectivity index (χ4n) is 7.61. The Morgan fingerprint density at radius 1 is 0.478 bits per heavy atom. The van der Waals surface area contributed by atoms with E-state index >= 15 is 0 Å². The first-order valence-corrected chi connectivity index (χ1v) is 16.3. The van der Waals surface area contributed by atoms with Gasteiger partial charge in [-0.2, -0.15) is 4.98 Å². The molecule has 214 valence electrons. The molecule has 0 fully saturated rings. The summed E-state index contributed by atoms with van der Waals surface area (Å²) >= 11 is 1.80. The fraction of sp³-hybridized carbons (Fsp3) is 0. The zero-order valence-electron chi connectivity index (χ0n) is 24.4. The van der Waals surface area contributed by atoms with Crippen molar-refractivity contribution < 1.29 is 4.42 Å². The molecule has 0 radical (unpaired) electrons. The largest absolute Gasteiger partial charge is 0.423 e. The lowest BCUT2D eigenvalue weighted by atomic mass is 10.0. The predicted octanol–water partition coefficient (Wildman–Crippen LogP) is 11.5. The lowest BCUT2D eigenvalue weighted by Gasteiger charge is -2.09. The highest BCUT2D eigenvalue weighted by Gasteiger charge is 2.22. The van der Waals surface area contributed by atoms with Gasteiger partial charge < -0.3 is 8.98 Å². The van der Waals surface area contributed by atoms with Crippen LogP contribution in [0.3, 0.4) is 0 Å². The van der Waals surface area contributed by atoms with Gasteiger partial charge in [-0.25, -0.2) is 0 Å². The van der Waals surface area contributed by atoms with E-state index < -0.39 is 0 Å². The zero-order chi connectivity index (χ0) is 29.9. The number of hydrogen-bond donors (Lipinski definition) is 0. The first-order valence-electron chi connectivity index (χ1n) is 15.5. The van der Waals surface area contributed by atoms with E-state index in [-0.39, 0.29) is 0 Å². The molecule has 4 nitrogen and oxygen atoms in total. The summed E-state index contributed by atoms with van der Waals surface area (Å²) in [6.45, 7) is 0. The van der Waals surface area contributed by atoms with Crippen molar-refractivity contribution in [2.45, 2.75) is 0 Å². The van der Waals surface area contributed by atoms with Crippen molar-refractivity contribution in [2.24, 2.45) is 0 Å². The average molecular weight is 606 g/mol. The first kappa shape index (κ1) is 24.4. The number of thiophene rings is 1. The minimum absolute atomic E-state index is 0.581. The van der Waals surface area contributed by atoms with E-state index in [4.69, 9.17) is 9.40 Å². The highest BCUT2D eigenvalue weighted by Crippen LogP contribution is 2.42. The molecular formula is C41H23N3OS. The van der Waals surface area contributed by atoms with Crippen molar-refractivity contribution in [3.63, 3.8) is 0 Å². The van der Waals surface area contributed by atoms with E-state index in [9.17, 15) is 0 Å². The minimum atomic E-state index is 0.581. The Morgan fingerprint density at radius 2 is 1.15 bits per heavy atom. The van der Waals surface area contributed by atoms with Crippen molar-refractivity contribution >= 4 is 97.0 Å². The van der Waals surface area contributed by atoms with Crippen LogP contribution in [-0.2, 0) is 0 Å². The van der Waals surface area contributed by atoms with E-state index in [0.29, 0.717) is 6.01 Å². The third-order valence-electron chi connectivity index (χ3n) is 9.56. The van der Waals surface area contributed by atoms with Crippen LogP contribution >= 0.6 is 11.3 Å². The minimum Gasteiger partial charge on any atom is -0.423 e. The summed E-state index contributed by atoms with van der Waals surface area (Å²) in [5.74, 6) is 0. The number of hydrogen-bond acceptors (Lipinski definition) is 3. The van der Waals surface area contributed by atoms with Crippen molar-refractivity contribution in [1.82, 2.24) is 14.1 Å². The Kier molecular flexibility index (Phi) is 4.69. The molecule has 4 heterocycles. The van der Waals surface area contributed by atoms with Gasteiger partial charge in [-0.05, 0) is 65.4 Å². The second-order valence-electron chi connectivity index (χ2n) is 12.0. The third-order valence-corrected chi connectivity index (χ3v) is 10.7. The van der Waals surface area contributed by atoms with Gasteiger partial charge in [0.2, 0.25) is 0 Å². The van der Waals surface area contributed by atoms with Crippen molar-refractivity contribution in [3.8, 4) is 11.7 Å². The molecule has 0 amide bonds. The second-order valence-corrected chi connectivity index (χ2v) is 13.1. The molecule has 0 spiro atoms. The van der Waals surface area contributed by atoms with Crippen molar-refractivity contribution in [2.75, 3.05) is 0 Å². The Balaban J connectivity index is 1.25. The van der Waals surface area contributed by atoms with Gasteiger partial charge in [-0.3, -0.25) is 4.57 Å². The molecule has 0 atom stereocenters. The third kappa shape index (κ3) is 3.14. The maximum absolute atomic E-state index is 6.64. The van der Waals surface area contributed by atoms with Crippen LogP contribution in [0, 0.1) is 0 Å². The molecule has 11 rings (SSSR count). The summed E-state index contributed by atoms with van der Waals surface area (Å²) in [5.41, 5.74) is 7.36. The fourth-order valence-corrected chi connectivity index (χ4v) is 8.72. The van der Waals surface area contributed by atoms with Crippen LogP contribution in [-0.4, -0.2) is 14.1 Å². The quantitative estimate of drug-likeness (QED) is 0.196. The van der Waals surface area contributed by atoms with Gasteiger partial charge in [0.1, 0.15) is 5.52 Å². The van der Waals surface area contributed by atoms with Gasteiger partial charge in [-0.1, -0.05) is 84.9 Å². The van der Waals surface area contributed by atoms with E-state index in [0.717, 1.165) is 33.2 Å². The van der Waals surface area contributed by atoms with Gasteiger partial charge in [-0.15, -0.1) is 11.3 Å². The summed E-state index contributed by atoms with van der Waals surface area (Å²) in [6, 6.07) is 50.6. The van der Waals surface area contributed by atoms with Gasteiger partial charge in [0.05, 0.1) is 22.1 Å². The number of para-hydroxylation sites is 2. The summed E-state index contributed by atoms with van der Waals surface area (Å²) in [5, 5.41) is 9.68. The van der Waals surface area contributed by atoms with Crippen LogP contribution in [0.4, 0.5) is 0 Å². The second kappa shape index (κ2) is 8.84. The SMILES string of the molecule is c1ccc2c(c1)ccc1c2c2cc(-n3c4ccccc4c4ccccc43)ccc2n1-c1nc2c(ccc3sc4ccccc4c32)o1. The zero-order valence-corrected chi connectivity index (χ0v) is 25.3. The molecule has 0 unspecified atom stereocenters. The lowest BCUT2D eigenvalue weighted by Crippen LogP contribution is -1.96. The number of benzene rings is 7. The molecule has 0 aliphatic carbocycles. The summed E-state index contributed by atoms with van der Waals surface area (Å²) in [6.07, 6.45) is 0. The van der Waals surface area contributed by atoms with Gasteiger partial charge >= 0.3 is 6.01 Å². The van der Waals surface area contributed by atoms with E-state index in [1.54, 1.807) is 11.3 Å². The maximum atomic E-state index is 6.64. The maximum Gasteiger partial charge on any atom is 0.307 e. The van der Waals surface area contributed by atoms with E-state index in [2.05, 4.69) is 149 Å². The van der Waals surface area contributed by atoms with Gasteiger partial charge in [0.15, 0.2) is 5.58 Å². The molecule has 11 aromatic rings. The Morgan fingerprint density at radius 3 is 1.98 bits per heavy atom. The highest BCUT2D eigenvalue weighted by molar-refractivity contribution is 7.26. The van der Waals surface area contributed by atoms with Crippen LogP contribution in [0.15, 0.2) is 144 Å². The number of rotatable bonds is 2. The molecular weight excluding hydrogens is 583 g/mol. The van der Waals surface area contributed by atoms with Crippen LogP contribution in [0.5, 0.6) is 0 Å². The van der Waals surface area contributed by atoms with Gasteiger partial charge in [0, 0.05) is 47.4 Å². The molecule has 7 aromatic carbocycles. The van der Waals surface area contributed by atoms with Crippen molar-refractivity contribution in [1.29, 1.82) is 0 Å². The molecule has 0 N–H and O–H groups in total. The molecule has 0 saturated carbocycles. The van der Waals surface area contributed by atoms with E-state index in [1.165, 1.54) is 58.1 Å². The summed E-state index contributed by atoms with van der Waals surface area (Å²) in [4.78, 5) is 5.24. The number of nitrogens with zero attached hydrogens (tertiary/aromatic N) is 3. The van der Waals surface area contributed by atoms with Crippen LogP contribution < -0.4 is 0 Å². The first-order chi connectivity index (χ1) is 22.8. The van der Waals surface area contributed by atoms with E-state index in [1.807, 2.05) is 0 Å². The van der Waals surface area contributed by atoms with Crippen LogP contribution in [0.2, 0.25) is 0 Å². The van der Waals surface area contributed by atoms with Gasteiger partial charge in [0.25, 0.3) is 0 Å². The smallest absolute Gasteiger partial charge is 0.307 e. The number of aromatic nitrogens is 3. The van der Waals surface area contributed by atoms with Crippen LogP contribution in [0.1, 0.15) is 0 Å². The Hall–Kier alpha value is -5.91. The molecule has 0 saturated heterocycles. The monoisotopic (exact) mass is 605 g/mol. The number of oxazole rings is 1. The Bertz CT molecular complexity index is 2990. The number of fused-ring (bicyclic) bond motifs is 13. The van der Waals surface area contributed by atoms with Crippen LogP contribution in [0.25, 0.3) is 97.4 Å².